The van der Waals surface area contributed by atoms with Crippen molar-refractivity contribution in [2.75, 3.05) is 6.61 Å². The second-order valence-electron chi connectivity index (χ2n) is 2.48. The van der Waals surface area contributed by atoms with Crippen molar-refractivity contribution in [2.24, 2.45) is 0 Å². The Labute approximate surface area is 64.9 Å². The average Bonchev–Trinajstić information content (AvgIpc) is 2.04. The fraction of sp³-hybridized carbons (Fsp3) is 0.375. The first kappa shape index (κ1) is 8.01. The SMILES string of the molecule is CC(CO)n1ccccc1=O. The predicted molar refractivity (Wildman–Crippen MR) is 42.5 cm³/mol. The van der Waals surface area contributed by atoms with Crippen LogP contribution in [-0.4, -0.2) is 16.3 Å². The maximum absolute atomic E-state index is 11.1. The van der Waals surface area contributed by atoms with Crippen LogP contribution < -0.4 is 5.56 Å². The lowest BCUT2D eigenvalue weighted by atomic mass is 10.3. The second-order valence-corrected chi connectivity index (χ2v) is 2.48. The van der Waals surface area contributed by atoms with Crippen molar-refractivity contribution < 1.29 is 5.11 Å². The van der Waals surface area contributed by atoms with Crippen LogP contribution in [-0.2, 0) is 0 Å². The highest BCUT2D eigenvalue weighted by molar-refractivity contribution is 4.94. The third-order valence-electron chi connectivity index (χ3n) is 1.59. The maximum atomic E-state index is 11.1. The van der Waals surface area contributed by atoms with Gasteiger partial charge >= 0.3 is 0 Å². The molecule has 3 nitrogen and oxygen atoms in total. The first-order valence-electron chi connectivity index (χ1n) is 3.53. The molecule has 0 aliphatic carbocycles. The molecule has 1 rings (SSSR count). The van der Waals surface area contributed by atoms with Crippen LogP contribution in [0, 0.1) is 0 Å². The van der Waals surface area contributed by atoms with Crippen molar-refractivity contribution in [2.45, 2.75) is 13.0 Å². The van der Waals surface area contributed by atoms with E-state index in [0.29, 0.717) is 0 Å². The van der Waals surface area contributed by atoms with E-state index in [2.05, 4.69) is 0 Å². The van der Waals surface area contributed by atoms with E-state index >= 15 is 0 Å². The van der Waals surface area contributed by atoms with Gasteiger partial charge in [-0.2, -0.15) is 0 Å². The molecule has 0 aromatic carbocycles. The van der Waals surface area contributed by atoms with Crippen molar-refractivity contribution in [1.29, 1.82) is 0 Å². The number of aliphatic hydroxyl groups is 1. The van der Waals surface area contributed by atoms with Gasteiger partial charge in [0.15, 0.2) is 0 Å². The topological polar surface area (TPSA) is 42.2 Å². The largest absolute Gasteiger partial charge is 0.394 e. The molecule has 0 aliphatic rings. The van der Waals surface area contributed by atoms with Gasteiger partial charge in [-0.05, 0) is 13.0 Å². The quantitative estimate of drug-likeness (QED) is 0.668. The fourth-order valence-corrected chi connectivity index (χ4v) is 0.892. The van der Waals surface area contributed by atoms with Crippen molar-refractivity contribution in [3.05, 3.63) is 34.7 Å². The lowest BCUT2D eigenvalue weighted by Crippen LogP contribution is -2.23. The molecule has 1 N–H and O–H groups in total. The van der Waals surface area contributed by atoms with Gasteiger partial charge in [0.25, 0.3) is 5.56 Å². The molecule has 0 saturated heterocycles. The van der Waals surface area contributed by atoms with Crippen molar-refractivity contribution in [3.8, 4) is 0 Å². The smallest absolute Gasteiger partial charge is 0.250 e. The van der Waals surface area contributed by atoms with Gasteiger partial charge in [0.1, 0.15) is 0 Å². The number of nitrogens with zero attached hydrogens (tertiary/aromatic N) is 1. The van der Waals surface area contributed by atoms with Crippen molar-refractivity contribution >= 4 is 0 Å². The Morgan fingerprint density at radius 1 is 1.64 bits per heavy atom. The number of hydrogen-bond acceptors (Lipinski definition) is 2. The standard InChI is InChI=1S/C8H11NO2/c1-7(6-10)9-5-3-2-4-8(9)11/h2-5,7,10H,6H2,1H3. The van der Waals surface area contributed by atoms with Crippen LogP contribution in [0.3, 0.4) is 0 Å². The van der Waals surface area contributed by atoms with Crippen LogP contribution in [0.5, 0.6) is 0 Å². The van der Waals surface area contributed by atoms with Crippen molar-refractivity contribution in [1.82, 2.24) is 4.57 Å². The van der Waals surface area contributed by atoms with Gasteiger partial charge in [-0.3, -0.25) is 4.79 Å². The Balaban J connectivity index is 3.03. The minimum absolute atomic E-state index is 0.0100. The van der Waals surface area contributed by atoms with Gasteiger partial charge < -0.3 is 9.67 Å². The van der Waals surface area contributed by atoms with Gasteiger partial charge in [0.2, 0.25) is 0 Å². The minimum Gasteiger partial charge on any atom is -0.394 e. The van der Waals surface area contributed by atoms with Gasteiger partial charge in [0.05, 0.1) is 12.6 Å². The molecule has 0 fully saturated rings. The van der Waals surface area contributed by atoms with E-state index in [1.54, 1.807) is 25.3 Å². The number of pyridine rings is 1. The molecule has 1 aromatic heterocycles. The molecular formula is C8H11NO2. The zero-order valence-electron chi connectivity index (χ0n) is 6.40. The van der Waals surface area contributed by atoms with E-state index in [1.807, 2.05) is 0 Å². The van der Waals surface area contributed by atoms with Crippen LogP contribution in [0.2, 0.25) is 0 Å². The molecule has 0 amide bonds. The lowest BCUT2D eigenvalue weighted by Gasteiger charge is -2.10. The molecule has 60 valence electrons. The van der Waals surface area contributed by atoms with E-state index in [4.69, 9.17) is 5.11 Å². The number of aromatic nitrogens is 1. The Morgan fingerprint density at radius 3 is 2.91 bits per heavy atom. The van der Waals surface area contributed by atoms with E-state index in [1.165, 1.54) is 10.6 Å². The summed E-state index contributed by atoms with van der Waals surface area (Å²) in [4.78, 5) is 11.1. The summed E-state index contributed by atoms with van der Waals surface area (Å²) < 4.78 is 1.50. The Kier molecular flexibility index (Phi) is 2.44. The van der Waals surface area contributed by atoms with Crippen LogP contribution >= 0.6 is 0 Å². The molecule has 0 radical (unpaired) electrons. The molecule has 1 heterocycles. The summed E-state index contributed by atoms with van der Waals surface area (Å²) in [5.74, 6) is 0. The van der Waals surface area contributed by atoms with E-state index in [0.717, 1.165) is 0 Å². The van der Waals surface area contributed by atoms with Crippen LogP contribution in [0.15, 0.2) is 29.2 Å². The molecular weight excluding hydrogens is 142 g/mol. The Morgan fingerprint density at radius 2 is 2.36 bits per heavy atom. The highest BCUT2D eigenvalue weighted by Crippen LogP contribution is 1.97. The summed E-state index contributed by atoms with van der Waals surface area (Å²) >= 11 is 0. The van der Waals surface area contributed by atoms with Crippen LogP contribution in [0.1, 0.15) is 13.0 Å². The van der Waals surface area contributed by atoms with Gasteiger partial charge in [-0.1, -0.05) is 6.07 Å². The molecule has 0 aliphatic heterocycles. The van der Waals surface area contributed by atoms with E-state index in [9.17, 15) is 4.79 Å². The minimum atomic E-state index is -0.135. The fourth-order valence-electron chi connectivity index (χ4n) is 0.892. The summed E-state index contributed by atoms with van der Waals surface area (Å²) in [6.07, 6.45) is 1.67. The molecule has 0 saturated carbocycles. The highest BCUT2D eigenvalue weighted by atomic mass is 16.3. The maximum Gasteiger partial charge on any atom is 0.250 e. The Hall–Kier alpha value is -1.09. The average molecular weight is 153 g/mol. The summed E-state index contributed by atoms with van der Waals surface area (Å²) in [6.45, 7) is 1.78. The molecule has 3 heteroatoms. The third kappa shape index (κ3) is 1.68. The summed E-state index contributed by atoms with van der Waals surface area (Å²) in [7, 11) is 0. The molecule has 1 atom stereocenters. The zero-order valence-corrected chi connectivity index (χ0v) is 6.40. The first-order valence-corrected chi connectivity index (χ1v) is 3.53. The number of aliphatic hydroxyl groups excluding tert-OH is 1. The van der Waals surface area contributed by atoms with E-state index < -0.39 is 0 Å². The number of hydrogen-bond donors (Lipinski definition) is 1. The van der Waals surface area contributed by atoms with E-state index in [-0.39, 0.29) is 18.2 Å². The number of rotatable bonds is 2. The van der Waals surface area contributed by atoms with Gasteiger partial charge in [-0.25, -0.2) is 0 Å². The zero-order chi connectivity index (χ0) is 8.27. The highest BCUT2D eigenvalue weighted by Gasteiger charge is 2.01. The molecule has 11 heavy (non-hydrogen) atoms. The Bertz CT molecular complexity index is 279. The summed E-state index contributed by atoms with van der Waals surface area (Å²) in [6, 6.07) is 4.80. The molecule has 0 spiro atoms. The second kappa shape index (κ2) is 3.34. The monoisotopic (exact) mass is 153 g/mol. The third-order valence-corrected chi connectivity index (χ3v) is 1.59. The predicted octanol–water partition coefficient (Wildman–Crippen LogP) is 0.402. The van der Waals surface area contributed by atoms with Crippen LogP contribution in [0.25, 0.3) is 0 Å². The summed E-state index contributed by atoms with van der Waals surface area (Å²) in [5, 5.41) is 8.75. The van der Waals surface area contributed by atoms with Gasteiger partial charge in [-0.15, -0.1) is 0 Å². The van der Waals surface area contributed by atoms with Crippen LogP contribution in [0.4, 0.5) is 0 Å². The molecule has 1 unspecified atom stereocenters. The molecule has 1 aromatic rings. The normalized spacial score (nSPS) is 12.9. The van der Waals surface area contributed by atoms with Crippen molar-refractivity contribution in [3.63, 3.8) is 0 Å². The first-order chi connectivity index (χ1) is 5.25. The lowest BCUT2D eigenvalue weighted by molar-refractivity contribution is 0.236. The summed E-state index contributed by atoms with van der Waals surface area (Å²) in [5.41, 5.74) is -0.0750. The van der Waals surface area contributed by atoms with Gasteiger partial charge in [0, 0.05) is 12.3 Å². The molecule has 0 bridgehead atoms.